The van der Waals surface area contributed by atoms with Gasteiger partial charge in [-0.1, -0.05) is 13.8 Å². The van der Waals surface area contributed by atoms with Crippen LogP contribution in [0.4, 0.5) is 0 Å². The number of piperidine rings is 1. The summed E-state index contributed by atoms with van der Waals surface area (Å²) in [5, 5.41) is 6.85. The first-order chi connectivity index (χ1) is 9.54. The Hall–Kier alpha value is -0.490. The van der Waals surface area contributed by atoms with Gasteiger partial charge in [0.25, 0.3) is 0 Å². The molecule has 114 valence electrons. The molecular weight excluding hydrogens is 268 g/mol. The lowest BCUT2D eigenvalue weighted by Gasteiger charge is -2.34. The van der Waals surface area contributed by atoms with Gasteiger partial charge in [0, 0.05) is 43.6 Å². The monoisotopic (exact) mass is 296 g/mol. The minimum absolute atomic E-state index is 0.521. The van der Waals surface area contributed by atoms with Crippen LogP contribution in [0.15, 0.2) is 5.38 Å². The van der Waals surface area contributed by atoms with Crippen molar-refractivity contribution in [3.05, 3.63) is 16.1 Å². The van der Waals surface area contributed by atoms with Crippen LogP contribution < -0.4 is 5.32 Å². The molecule has 0 amide bonds. The van der Waals surface area contributed by atoms with E-state index in [-0.39, 0.29) is 0 Å². The van der Waals surface area contributed by atoms with E-state index in [0.717, 1.165) is 19.1 Å². The molecule has 1 N–H and O–H groups in total. The van der Waals surface area contributed by atoms with E-state index in [1.165, 1.54) is 36.6 Å². The quantitative estimate of drug-likeness (QED) is 0.872. The fourth-order valence-electron chi connectivity index (χ4n) is 2.62. The van der Waals surface area contributed by atoms with Gasteiger partial charge in [-0.05, 0) is 26.9 Å². The molecule has 2 heterocycles. The molecule has 1 saturated heterocycles. The lowest BCUT2D eigenvalue weighted by molar-refractivity contribution is 0.139. The summed E-state index contributed by atoms with van der Waals surface area (Å²) in [5.41, 5.74) is 1.24. The van der Waals surface area contributed by atoms with Crippen LogP contribution in [0, 0.1) is 0 Å². The summed E-state index contributed by atoms with van der Waals surface area (Å²) in [7, 11) is 4.38. The number of nitrogens with zero attached hydrogens (tertiary/aromatic N) is 3. The summed E-state index contributed by atoms with van der Waals surface area (Å²) in [5.74, 6) is 0. The molecule has 0 spiro atoms. The third-order valence-electron chi connectivity index (χ3n) is 3.93. The number of thiazole rings is 1. The highest BCUT2D eigenvalue weighted by atomic mass is 32.1. The molecule has 1 aliphatic rings. The molecule has 2 rings (SSSR count). The lowest BCUT2D eigenvalue weighted by atomic mass is 10.0. The first-order valence-electron chi connectivity index (χ1n) is 7.60. The average Bonchev–Trinajstić information content (AvgIpc) is 2.84. The summed E-state index contributed by atoms with van der Waals surface area (Å²) in [6.45, 7) is 8.64. The van der Waals surface area contributed by atoms with Crippen molar-refractivity contribution < 1.29 is 0 Å². The van der Waals surface area contributed by atoms with E-state index in [1.54, 1.807) is 11.3 Å². The molecule has 5 heteroatoms. The van der Waals surface area contributed by atoms with Gasteiger partial charge in [0.15, 0.2) is 0 Å². The molecule has 0 atom stereocenters. The van der Waals surface area contributed by atoms with Gasteiger partial charge < -0.3 is 10.2 Å². The number of likely N-dealkylation sites (tertiary alicyclic amines) is 1. The Kier molecular flexibility index (Phi) is 5.96. The normalized spacial score (nSPS) is 18.3. The summed E-state index contributed by atoms with van der Waals surface area (Å²) in [6, 6.07) is 1.28. The van der Waals surface area contributed by atoms with E-state index in [9.17, 15) is 0 Å². The molecule has 1 fully saturated rings. The fourth-order valence-corrected chi connectivity index (χ4v) is 3.35. The van der Waals surface area contributed by atoms with Gasteiger partial charge >= 0.3 is 0 Å². The molecule has 1 aromatic heterocycles. The van der Waals surface area contributed by atoms with Crippen molar-refractivity contribution in [2.45, 2.75) is 51.9 Å². The second-order valence-electron chi connectivity index (χ2n) is 6.24. The fraction of sp³-hybridized carbons (Fsp3) is 0.800. The molecule has 0 aliphatic carbocycles. The minimum atomic E-state index is 0.521. The molecular formula is C15H28N4S. The first-order valence-corrected chi connectivity index (χ1v) is 8.48. The van der Waals surface area contributed by atoms with Crippen LogP contribution >= 0.6 is 11.3 Å². The van der Waals surface area contributed by atoms with Gasteiger partial charge in [-0.3, -0.25) is 4.90 Å². The summed E-state index contributed by atoms with van der Waals surface area (Å²) >= 11 is 1.78. The molecule has 0 unspecified atom stereocenters. The molecule has 20 heavy (non-hydrogen) atoms. The van der Waals surface area contributed by atoms with Crippen molar-refractivity contribution in [2.24, 2.45) is 0 Å². The molecule has 4 nitrogen and oxygen atoms in total. The van der Waals surface area contributed by atoms with Crippen molar-refractivity contribution in [3.63, 3.8) is 0 Å². The second-order valence-corrected chi connectivity index (χ2v) is 7.18. The van der Waals surface area contributed by atoms with Gasteiger partial charge in [0.1, 0.15) is 5.01 Å². The zero-order valence-corrected chi connectivity index (χ0v) is 14.0. The smallest absolute Gasteiger partial charge is 0.107 e. The van der Waals surface area contributed by atoms with E-state index >= 15 is 0 Å². The number of hydrogen-bond acceptors (Lipinski definition) is 5. The Labute approximate surface area is 127 Å². The maximum absolute atomic E-state index is 4.73. The van der Waals surface area contributed by atoms with Crippen molar-refractivity contribution >= 4 is 11.3 Å². The molecule has 0 aromatic carbocycles. The Bertz CT molecular complexity index is 394. The van der Waals surface area contributed by atoms with Crippen molar-refractivity contribution in [1.82, 2.24) is 20.1 Å². The van der Waals surface area contributed by atoms with E-state index < -0.39 is 0 Å². The zero-order valence-electron chi connectivity index (χ0n) is 13.2. The van der Waals surface area contributed by atoms with Crippen LogP contribution in [0.2, 0.25) is 0 Å². The third-order valence-corrected chi connectivity index (χ3v) is 4.83. The van der Waals surface area contributed by atoms with Gasteiger partial charge in [0.2, 0.25) is 0 Å². The molecule has 1 aromatic rings. The van der Waals surface area contributed by atoms with E-state index in [0.29, 0.717) is 6.04 Å². The van der Waals surface area contributed by atoms with E-state index in [4.69, 9.17) is 4.98 Å². The van der Waals surface area contributed by atoms with Gasteiger partial charge in [-0.2, -0.15) is 0 Å². The third kappa shape index (κ3) is 4.81. The first kappa shape index (κ1) is 15.9. The number of hydrogen-bond donors (Lipinski definition) is 1. The Morgan fingerprint density at radius 2 is 2.10 bits per heavy atom. The highest BCUT2D eigenvalue weighted by Gasteiger charge is 2.21. The highest BCUT2D eigenvalue weighted by Crippen LogP contribution is 2.18. The zero-order chi connectivity index (χ0) is 14.5. The van der Waals surface area contributed by atoms with Crippen LogP contribution in [-0.4, -0.2) is 54.1 Å². The van der Waals surface area contributed by atoms with Gasteiger partial charge in [-0.25, -0.2) is 4.98 Å². The van der Waals surface area contributed by atoms with Crippen LogP contribution in [-0.2, 0) is 13.1 Å². The lowest BCUT2D eigenvalue weighted by Crippen LogP contribution is -2.41. The predicted octanol–water partition coefficient (Wildman–Crippen LogP) is 2.17. The van der Waals surface area contributed by atoms with E-state index in [1.807, 2.05) is 0 Å². The Morgan fingerprint density at radius 3 is 2.70 bits per heavy atom. The Morgan fingerprint density at radius 1 is 1.40 bits per heavy atom. The summed E-state index contributed by atoms with van der Waals surface area (Å²) < 4.78 is 0. The number of aromatic nitrogens is 1. The standard InChI is InChI=1S/C15H28N4S/c1-12(2)16-9-15-17-13(11-20-15)10-19-7-5-14(6-8-19)18(3)4/h11-12,14,16H,5-10H2,1-4H3. The predicted molar refractivity (Wildman–Crippen MR) is 86.1 cm³/mol. The van der Waals surface area contributed by atoms with Crippen LogP contribution in [0.25, 0.3) is 0 Å². The molecule has 0 radical (unpaired) electrons. The van der Waals surface area contributed by atoms with Gasteiger partial charge in [0.05, 0.1) is 5.69 Å². The maximum Gasteiger partial charge on any atom is 0.107 e. The van der Waals surface area contributed by atoms with Crippen molar-refractivity contribution in [1.29, 1.82) is 0 Å². The molecule has 1 aliphatic heterocycles. The molecule has 0 bridgehead atoms. The SMILES string of the molecule is CC(C)NCc1nc(CN2CCC(N(C)C)CC2)cs1. The second kappa shape index (κ2) is 7.50. The highest BCUT2D eigenvalue weighted by molar-refractivity contribution is 7.09. The summed E-state index contributed by atoms with van der Waals surface area (Å²) in [4.78, 5) is 9.63. The number of nitrogens with one attached hydrogen (secondary N) is 1. The van der Waals surface area contributed by atoms with Crippen molar-refractivity contribution in [2.75, 3.05) is 27.2 Å². The van der Waals surface area contributed by atoms with Crippen LogP contribution in [0.1, 0.15) is 37.4 Å². The summed E-state index contributed by atoms with van der Waals surface area (Å²) in [6.07, 6.45) is 2.55. The Balaban J connectivity index is 1.77. The topological polar surface area (TPSA) is 31.4 Å². The van der Waals surface area contributed by atoms with Gasteiger partial charge in [-0.15, -0.1) is 11.3 Å². The maximum atomic E-state index is 4.73. The average molecular weight is 296 g/mol. The van der Waals surface area contributed by atoms with Crippen molar-refractivity contribution in [3.8, 4) is 0 Å². The molecule has 0 saturated carbocycles. The minimum Gasteiger partial charge on any atom is -0.308 e. The van der Waals surface area contributed by atoms with Crippen LogP contribution in [0.3, 0.4) is 0 Å². The van der Waals surface area contributed by atoms with E-state index in [2.05, 4.69) is 48.4 Å². The number of rotatable bonds is 6. The largest absolute Gasteiger partial charge is 0.308 e. The van der Waals surface area contributed by atoms with Crippen LogP contribution in [0.5, 0.6) is 0 Å².